The van der Waals surface area contributed by atoms with Gasteiger partial charge in [0.15, 0.2) is 0 Å². The molecule has 1 aliphatic heterocycles. The Morgan fingerprint density at radius 3 is 2.64 bits per heavy atom. The maximum atomic E-state index is 13.0. The number of aryl methyl sites for hydroxylation is 1. The van der Waals surface area contributed by atoms with Gasteiger partial charge >= 0.3 is 11.3 Å². The molecule has 0 saturated heterocycles. The van der Waals surface area contributed by atoms with Crippen molar-refractivity contribution < 1.29 is 9.48 Å². The van der Waals surface area contributed by atoms with Crippen LogP contribution in [0.15, 0.2) is 58.5 Å². The molecule has 6 nitrogen and oxygen atoms in total. The SMILES string of the molecule is CCSc1n[n+]2c(c(=O)[nH]1)-c1ccccc1N(C(C)=O)[C@@H]2c1ccccc1C. The number of para-hydroxylation sites is 1. The predicted molar refractivity (Wildman–Crippen MR) is 109 cm³/mol. The van der Waals surface area contributed by atoms with Crippen molar-refractivity contribution in [3.63, 3.8) is 0 Å². The molecule has 28 heavy (non-hydrogen) atoms. The molecule has 4 rings (SSSR count). The van der Waals surface area contributed by atoms with Crippen LogP contribution in [0.4, 0.5) is 5.69 Å². The molecule has 0 fully saturated rings. The second-order valence-corrected chi connectivity index (χ2v) is 7.87. The second-order valence-electron chi connectivity index (χ2n) is 6.62. The van der Waals surface area contributed by atoms with Crippen LogP contribution in [0.25, 0.3) is 11.3 Å². The van der Waals surface area contributed by atoms with Crippen molar-refractivity contribution in [1.82, 2.24) is 10.1 Å². The molecule has 1 aliphatic rings. The first kappa shape index (κ1) is 18.4. The number of thioether (sulfide) groups is 1. The maximum Gasteiger partial charge on any atom is 0.325 e. The van der Waals surface area contributed by atoms with E-state index in [2.05, 4.69) is 4.98 Å². The fraction of sp³-hybridized carbons (Fsp3) is 0.238. The number of carbonyl (C=O) groups excluding carboxylic acids is 1. The summed E-state index contributed by atoms with van der Waals surface area (Å²) in [5.41, 5.74) is 3.63. The van der Waals surface area contributed by atoms with Crippen molar-refractivity contribution in [2.75, 3.05) is 10.7 Å². The van der Waals surface area contributed by atoms with E-state index >= 15 is 0 Å². The summed E-state index contributed by atoms with van der Waals surface area (Å²) in [6.07, 6.45) is -0.526. The first-order valence-corrected chi connectivity index (χ1v) is 10.1. The number of nitrogens with one attached hydrogen (secondary N) is 1. The summed E-state index contributed by atoms with van der Waals surface area (Å²) in [5, 5.41) is 5.26. The Morgan fingerprint density at radius 1 is 1.21 bits per heavy atom. The third-order valence-corrected chi connectivity index (χ3v) is 5.59. The van der Waals surface area contributed by atoms with Crippen LogP contribution in [-0.4, -0.2) is 21.7 Å². The maximum absolute atomic E-state index is 13.0. The molecule has 1 amide bonds. The van der Waals surface area contributed by atoms with Crippen molar-refractivity contribution in [2.24, 2.45) is 0 Å². The lowest BCUT2D eigenvalue weighted by Gasteiger charge is -2.31. The van der Waals surface area contributed by atoms with Crippen molar-refractivity contribution in [3.8, 4) is 11.3 Å². The minimum atomic E-state index is -0.526. The quantitative estimate of drug-likeness (QED) is 0.548. The molecule has 3 aromatic rings. The van der Waals surface area contributed by atoms with Gasteiger partial charge in [-0.3, -0.25) is 14.6 Å². The summed E-state index contributed by atoms with van der Waals surface area (Å²) in [7, 11) is 0. The van der Waals surface area contributed by atoms with E-state index in [0.29, 0.717) is 22.1 Å². The van der Waals surface area contributed by atoms with Crippen LogP contribution in [0.3, 0.4) is 0 Å². The highest BCUT2D eigenvalue weighted by Gasteiger charge is 2.45. The molecule has 2 aromatic carbocycles. The monoisotopic (exact) mass is 393 g/mol. The molecule has 1 aromatic heterocycles. The zero-order valence-corrected chi connectivity index (χ0v) is 16.8. The summed E-state index contributed by atoms with van der Waals surface area (Å²) >= 11 is 1.46. The zero-order valence-electron chi connectivity index (χ0n) is 16.0. The Kier molecular flexibility index (Phi) is 4.77. The van der Waals surface area contributed by atoms with Gasteiger partial charge in [0, 0.05) is 17.6 Å². The zero-order chi connectivity index (χ0) is 19.8. The Morgan fingerprint density at radius 2 is 1.93 bits per heavy atom. The van der Waals surface area contributed by atoms with E-state index in [0.717, 1.165) is 16.9 Å². The van der Waals surface area contributed by atoms with Gasteiger partial charge in [0.1, 0.15) is 0 Å². The third kappa shape index (κ3) is 2.92. The van der Waals surface area contributed by atoms with Crippen LogP contribution in [0, 0.1) is 6.92 Å². The van der Waals surface area contributed by atoms with Crippen molar-refractivity contribution >= 4 is 23.4 Å². The van der Waals surface area contributed by atoms with Gasteiger partial charge in [-0.15, -0.1) is 0 Å². The van der Waals surface area contributed by atoms with Crippen molar-refractivity contribution in [1.29, 1.82) is 0 Å². The van der Waals surface area contributed by atoms with Gasteiger partial charge in [0.2, 0.25) is 11.1 Å². The van der Waals surface area contributed by atoms with E-state index in [1.54, 1.807) is 16.5 Å². The number of amides is 1. The number of anilines is 1. The summed E-state index contributed by atoms with van der Waals surface area (Å²) in [5.74, 6) is 0.676. The average molecular weight is 393 g/mol. The van der Waals surface area contributed by atoms with E-state index in [-0.39, 0.29) is 11.5 Å². The molecule has 2 heterocycles. The van der Waals surface area contributed by atoms with E-state index in [4.69, 9.17) is 5.10 Å². The van der Waals surface area contributed by atoms with Crippen molar-refractivity contribution in [3.05, 3.63) is 70.0 Å². The average Bonchev–Trinajstić information content (AvgIpc) is 2.67. The largest absolute Gasteiger partial charge is 0.325 e. The van der Waals surface area contributed by atoms with E-state index in [9.17, 15) is 9.59 Å². The number of nitrogens with zero attached hydrogens (tertiary/aromatic N) is 3. The van der Waals surface area contributed by atoms with E-state index in [1.165, 1.54) is 11.8 Å². The molecular formula is C21H21N4O2S+. The number of carbonyl (C=O) groups is 1. The molecule has 0 unspecified atom stereocenters. The Hall–Kier alpha value is -2.93. The molecule has 7 heteroatoms. The van der Waals surface area contributed by atoms with Gasteiger partial charge in [0.05, 0.1) is 11.3 Å². The third-order valence-electron chi connectivity index (χ3n) is 4.85. The minimum Gasteiger partial charge on any atom is -0.291 e. The lowest BCUT2D eigenvalue weighted by Crippen LogP contribution is -2.60. The first-order valence-electron chi connectivity index (χ1n) is 9.16. The van der Waals surface area contributed by atoms with Gasteiger partial charge in [-0.25, -0.2) is 4.90 Å². The predicted octanol–water partition coefficient (Wildman–Crippen LogP) is 3.06. The Bertz CT molecular complexity index is 1130. The minimum absolute atomic E-state index is 0.106. The van der Waals surface area contributed by atoms with Crippen LogP contribution in [0.1, 0.15) is 31.1 Å². The summed E-state index contributed by atoms with van der Waals surface area (Å²) in [4.78, 5) is 30.4. The Labute approximate surface area is 167 Å². The number of H-pyrrole nitrogens is 1. The highest BCUT2D eigenvalue weighted by atomic mass is 32.2. The number of benzene rings is 2. The van der Waals surface area contributed by atoms with Gasteiger partial charge in [-0.2, -0.15) is 0 Å². The van der Waals surface area contributed by atoms with E-state index in [1.807, 2.05) is 62.4 Å². The van der Waals surface area contributed by atoms with Gasteiger partial charge in [-0.1, -0.05) is 49.0 Å². The molecule has 0 bridgehead atoms. The molecule has 1 N–H and O–H groups in total. The smallest absolute Gasteiger partial charge is 0.291 e. The van der Waals surface area contributed by atoms with Crippen LogP contribution >= 0.6 is 11.8 Å². The Balaban J connectivity index is 2.09. The molecule has 0 aliphatic carbocycles. The highest BCUT2D eigenvalue weighted by Crippen LogP contribution is 2.37. The second kappa shape index (κ2) is 7.24. The van der Waals surface area contributed by atoms with E-state index < -0.39 is 6.17 Å². The highest BCUT2D eigenvalue weighted by molar-refractivity contribution is 7.99. The standard InChI is InChI=1S/C21H20N4O2S/c1-4-28-21-22-19(27)18-16-11-7-8-12-17(16)24(14(3)26)20(25(18)23-21)15-10-6-5-9-13(15)2/h5-12,20H,4H2,1-3H3/p+1/t20-/m0/s1. The first-order chi connectivity index (χ1) is 13.5. The van der Waals surface area contributed by atoms with Gasteiger partial charge in [0.25, 0.3) is 6.17 Å². The van der Waals surface area contributed by atoms with Gasteiger partial charge in [-0.05, 0) is 41.1 Å². The molecule has 0 saturated carbocycles. The number of hydrogen-bond acceptors (Lipinski definition) is 4. The van der Waals surface area contributed by atoms with Crippen LogP contribution in [0.2, 0.25) is 0 Å². The van der Waals surface area contributed by atoms with Gasteiger partial charge < -0.3 is 0 Å². The van der Waals surface area contributed by atoms with Crippen LogP contribution < -0.4 is 15.1 Å². The number of hydrogen-bond donors (Lipinski definition) is 1. The fourth-order valence-electron chi connectivity index (χ4n) is 3.67. The molecule has 1 atom stereocenters. The fourth-order valence-corrected chi connectivity index (χ4v) is 4.26. The topological polar surface area (TPSA) is 69.9 Å². The van der Waals surface area contributed by atoms with Crippen molar-refractivity contribution in [2.45, 2.75) is 32.1 Å². The number of aromatic amines is 1. The van der Waals surface area contributed by atoms with Crippen LogP contribution in [0.5, 0.6) is 0 Å². The van der Waals surface area contributed by atoms with Crippen LogP contribution in [-0.2, 0) is 4.79 Å². The lowest BCUT2D eigenvalue weighted by molar-refractivity contribution is -0.763. The lowest BCUT2D eigenvalue weighted by atomic mass is 9.99. The number of rotatable bonds is 3. The summed E-state index contributed by atoms with van der Waals surface area (Å²) < 4.78 is 1.70. The molecule has 142 valence electrons. The summed E-state index contributed by atoms with van der Waals surface area (Å²) in [6.45, 7) is 5.55. The molecular weight excluding hydrogens is 372 g/mol. The normalized spacial score (nSPS) is 15.1. The number of aromatic nitrogens is 3. The number of fused-ring (bicyclic) bond motifs is 3. The summed E-state index contributed by atoms with van der Waals surface area (Å²) in [6, 6.07) is 15.4. The molecule has 0 radical (unpaired) electrons. The molecule has 0 spiro atoms.